The molecule has 0 bridgehead atoms. The molecule has 0 atom stereocenters. The van der Waals surface area contributed by atoms with E-state index in [-0.39, 0.29) is 18.0 Å². The fraction of sp³-hybridized carbons (Fsp3) is 0.571. The molecule has 3 N–H and O–H groups in total. The van der Waals surface area contributed by atoms with Crippen LogP contribution in [0.4, 0.5) is 0 Å². The van der Waals surface area contributed by atoms with Crippen molar-refractivity contribution in [2.45, 2.75) is 37.5 Å². The normalized spacial score (nSPS) is 20.5. The molecule has 0 saturated heterocycles. The molecule has 19 heavy (non-hydrogen) atoms. The predicted molar refractivity (Wildman–Crippen MR) is 73.1 cm³/mol. The van der Waals surface area contributed by atoms with Gasteiger partial charge in [0.15, 0.2) is 11.5 Å². The molecule has 1 aromatic carbocycles. The van der Waals surface area contributed by atoms with E-state index in [2.05, 4.69) is 0 Å². The maximum absolute atomic E-state index is 10.4. The van der Waals surface area contributed by atoms with Crippen LogP contribution < -0.4 is 15.2 Å². The second-order valence-corrected chi connectivity index (χ2v) is 5.77. The molecule has 0 spiro atoms. The van der Waals surface area contributed by atoms with Gasteiger partial charge in [-0.25, -0.2) is 0 Å². The van der Waals surface area contributed by atoms with Gasteiger partial charge in [-0.1, -0.05) is 30.9 Å². The van der Waals surface area contributed by atoms with Crippen LogP contribution in [-0.4, -0.2) is 18.4 Å². The third-order valence-corrected chi connectivity index (χ3v) is 4.61. The van der Waals surface area contributed by atoms with E-state index < -0.39 is 0 Å². The van der Waals surface area contributed by atoms with Crippen LogP contribution >= 0.6 is 11.6 Å². The van der Waals surface area contributed by atoms with Crippen LogP contribution in [0.2, 0.25) is 5.02 Å². The summed E-state index contributed by atoms with van der Waals surface area (Å²) in [4.78, 5) is 0. The van der Waals surface area contributed by atoms with Crippen molar-refractivity contribution in [3.8, 4) is 17.2 Å². The first-order valence-electron chi connectivity index (χ1n) is 6.69. The molecule has 0 amide bonds. The van der Waals surface area contributed by atoms with E-state index in [0.717, 1.165) is 31.2 Å². The van der Waals surface area contributed by atoms with E-state index in [9.17, 15) is 5.11 Å². The highest BCUT2D eigenvalue weighted by Gasteiger charge is 2.40. The Hall–Kier alpha value is -1.13. The lowest BCUT2D eigenvalue weighted by Gasteiger charge is -2.37. The lowest BCUT2D eigenvalue weighted by Crippen LogP contribution is -2.37. The zero-order chi connectivity index (χ0) is 13.5. The minimum absolute atomic E-state index is 0.0956. The van der Waals surface area contributed by atoms with E-state index in [1.165, 1.54) is 6.42 Å². The van der Waals surface area contributed by atoms with Gasteiger partial charge in [-0.05, 0) is 12.8 Å². The van der Waals surface area contributed by atoms with Gasteiger partial charge in [0.1, 0.15) is 5.75 Å². The van der Waals surface area contributed by atoms with Crippen molar-refractivity contribution >= 4 is 11.6 Å². The van der Waals surface area contributed by atoms with Crippen molar-refractivity contribution in [3.63, 3.8) is 0 Å². The maximum atomic E-state index is 10.4. The first-order chi connectivity index (χ1) is 9.18. The summed E-state index contributed by atoms with van der Waals surface area (Å²) in [7, 11) is 0. The Morgan fingerprint density at radius 1 is 1.26 bits per heavy atom. The summed E-state index contributed by atoms with van der Waals surface area (Å²) in [6.45, 7) is 0.652. The second-order valence-electron chi connectivity index (χ2n) is 5.36. The van der Waals surface area contributed by atoms with E-state index >= 15 is 0 Å². The number of hydrogen-bond donors (Lipinski definition) is 2. The molecule has 1 saturated carbocycles. The van der Waals surface area contributed by atoms with Crippen molar-refractivity contribution < 1.29 is 14.6 Å². The molecule has 0 aromatic heterocycles. The molecule has 4 nitrogen and oxygen atoms in total. The third-order valence-electron chi connectivity index (χ3n) is 4.32. The number of halogens is 1. The highest BCUT2D eigenvalue weighted by molar-refractivity contribution is 6.32. The van der Waals surface area contributed by atoms with Crippen LogP contribution in [0.5, 0.6) is 17.2 Å². The predicted octanol–water partition coefficient (Wildman–Crippen LogP) is 2.93. The molecule has 0 unspecified atom stereocenters. The summed E-state index contributed by atoms with van der Waals surface area (Å²) in [5.41, 5.74) is 6.53. The summed E-state index contributed by atoms with van der Waals surface area (Å²) in [5, 5.41) is 10.7. The summed E-state index contributed by atoms with van der Waals surface area (Å²) < 4.78 is 10.9. The second kappa shape index (κ2) is 4.76. The average molecular weight is 284 g/mol. The lowest BCUT2D eigenvalue weighted by atomic mass is 9.68. The molecule has 3 rings (SSSR count). The minimum Gasteiger partial charge on any atom is -0.506 e. The van der Waals surface area contributed by atoms with Gasteiger partial charge in [0.05, 0.1) is 5.02 Å². The van der Waals surface area contributed by atoms with Crippen LogP contribution in [0.3, 0.4) is 0 Å². The Morgan fingerprint density at radius 2 is 2.00 bits per heavy atom. The lowest BCUT2D eigenvalue weighted by molar-refractivity contribution is 0.170. The van der Waals surface area contributed by atoms with E-state index in [4.69, 9.17) is 26.8 Å². The largest absolute Gasteiger partial charge is 0.506 e. The maximum Gasteiger partial charge on any atom is 0.231 e. The number of ether oxygens (including phenoxy) is 2. The number of nitrogens with two attached hydrogens (primary N) is 1. The number of aromatic hydroxyl groups is 1. The highest BCUT2D eigenvalue weighted by Crippen LogP contribution is 2.53. The number of fused-ring (bicyclic) bond motifs is 1. The van der Waals surface area contributed by atoms with E-state index in [0.29, 0.717) is 23.1 Å². The topological polar surface area (TPSA) is 64.7 Å². The molecular weight excluding hydrogens is 266 g/mol. The number of phenolic OH excluding ortho intramolecular Hbond substituents is 1. The number of rotatable bonds is 2. The molecule has 2 aliphatic rings. The molecule has 0 radical (unpaired) electrons. The average Bonchev–Trinajstić information content (AvgIpc) is 2.88. The van der Waals surface area contributed by atoms with Crippen LogP contribution in [0, 0.1) is 0 Å². The molecule has 1 aliphatic carbocycles. The Balaban J connectivity index is 2.17. The third kappa shape index (κ3) is 1.94. The highest BCUT2D eigenvalue weighted by atomic mass is 35.5. The van der Waals surface area contributed by atoms with Gasteiger partial charge in [-0.3, -0.25) is 0 Å². The minimum atomic E-state index is -0.245. The fourth-order valence-corrected chi connectivity index (χ4v) is 3.47. The molecular formula is C14H18ClNO3. The van der Waals surface area contributed by atoms with Crippen LogP contribution in [-0.2, 0) is 5.41 Å². The van der Waals surface area contributed by atoms with Gasteiger partial charge in [0.2, 0.25) is 6.79 Å². The molecule has 1 aromatic rings. The zero-order valence-electron chi connectivity index (χ0n) is 10.7. The summed E-state index contributed by atoms with van der Waals surface area (Å²) in [6.07, 6.45) is 5.33. The molecule has 104 valence electrons. The summed E-state index contributed by atoms with van der Waals surface area (Å²) in [5.74, 6) is 1.32. The van der Waals surface area contributed by atoms with Crippen LogP contribution in [0.15, 0.2) is 6.07 Å². The van der Waals surface area contributed by atoms with Crippen molar-refractivity contribution in [1.29, 1.82) is 0 Å². The Bertz CT molecular complexity index is 498. The summed E-state index contributed by atoms with van der Waals surface area (Å²) in [6, 6.07) is 1.61. The Labute approximate surface area is 117 Å². The zero-order valence-corrected chi connectivity index (χ0v) is 11.5. The quantitative estimate of drug-likeness (QED) is 0.876. The molecule has 1 heterocycles. The van der Waals surface area contributed by atoms with Crippen LogP contribution in [0.1, 0.15) is 37.7 Å². The Kier molecular flexibility index (Phi) is 3.23. The van der Waals surface area contributed by atoms with Crippen molar-refractivity contribution in [1.82, 2.24) is 0 Å². The summed E-state index contributed by atoms with van der Waals surface area (Å²) >= 11 is 6.11. The Morgan fingerprint density at radius 3 is 2.68 bits per heavy atom. The number of hydrogen-bond acceptors (Lipinski definition) is 4. The van der Waals surface area contributed by atoms with Gasteiger partial charge in [0.25, 0.3) is 0 Å². The number of phenols is 1. The van der Waals surface area contributed by atoms with E-state index in [1.807, 2.05) is 0 Å². The fourth-order valence-electron chi connectivity index (χ4n) is 3.28. The first-order valence-corrected chi connectivity index (χ1v) is 7.07. The van der Waals surface area contributed by atoms with Crippen molar-refractivity contribution in [2.75, 3.05) is 13.3 Å². The van der Waals surface area contributed by atoms with Crippen molar-refractivity contribution in [2.24, 2.45) is 5.73 Å². The monoisotopic (exact) mass is 283 g/mol. The molecule has 1 aliphatic heterocycles. The standard InChI is InChI=1S/C14H18ClNO3/c15-9-6-10-13(19-8-18-10)11(12(9)17)14(7-16)4-2-1-3-5-14/h6,17H,1-5,7-8,16H2. The SMILES string of the molecule is NCC1(c2c(O)c(Cl)cc3c2OCO3)CCCCC1. The van der Waals surface area contributed by atoms with Gasteiger partial charge in [-0.2, -0.15) is 0 Å². The van der Waals surface area contributed by atoms with Gasteiger partial charge in [-0.15, -0.1) is 0 Å². The van der Waals surface area contributed by atoms with Crippen LogP contribution in [0.25, 0.3) is 0 Å². The van der Waals surface area contributed by atoms with Gasteiger partial charge < -0.3 is 20.3 Å². The molecule has 1 fully saturated rings. The smallest absolute Gasteiger partial charge is 0.231 e. The van der Waals surface area contributed by atoms with Gasteiger partial charge >= 0.3 is 0 Å². The van der Waals surface area contributed by atoms with E-state index in [1.54, 1.807) is 6.07 Å². The van der Waals surface area contributed by atoms with Gasteiger partial charge in [0, 0.05) is 23.6 Å². The number of benzene rings is 1. The first kappa shape index (κ1) is 12.9. The molecule has 5 heteroatoms. The van der Waals surface area contributed by atoms with Crippen molar-refractivity contribution in [3.05, 3.63) is 16.7 Å².